The SMILES string of the molecule is C[C@H](OC(=O)CNC(=O)c1ccc2ccccc2c1)C(=O)N1CCc2ccccc2C1. The summed E-state index contributed by atoms with van der Waals surface area (Å²) in [5.41, 5.74) is 2.82. The van der Waals surface area contributed by atoms with E-state index in [1.807, 2.05) is 48.5 Å². The molecule has 0 spiro atoms. The molecule has 0 saturated carbocycles. The number of nitrogens with zero attached hydrogens (tertiary/aromatic N) is 1. The summed E-state index contributed by atoms with van der Waals surface area (Å²) in [7, 11) is 0. The van der Waals surface area contributed by atoms with Gasteiger partial charge in [-0.05, 0) is 47.4 Å². The molecule has 1 aliphatic heterocycles. The van der Waals surface area contributed by atoms with Crippen LogP contribution in [0.4, 0.5) is 0 Å². The molecule has 0 aliphatic carbocycles. The first kappa shape index (κ1) is 20.6. The summed E-state index contributed by atoms with van der Waals surface area (Å²) in [4.78, 5) is 39.0. The largest absolute Gasteiger partial charge is 0.451 e. The molecule has 0 unspecified atom stereocenters. The Labute approximate surface area is 180 Å². The number of nitrogens with one attached hydrogen (secondary N) is 1. The summed E-state index contributed by atoms with van der Waals surface area (Å²) in [6.45, 7) is 2.37. The van der Waals surface area contributed by atoms with Gasteiger partial charge in [0, 0.05) is 18.7 Å². The molecule has 0 radical (unpaired) electrons. The monoisotopic (exact) mass is 416 g/mol. The maximum Gasteiger partial charge on any atom is 0.326 e. The molecule has 6 heteroatoms. The number of carbonyl (C=O) groups excluding carboxylic acids is 3. The van der Waals surface area contributed by atoms with E-state index in [2.05, 4.69) is 11.4 Å². The Morgan fingerprint density at radius 3 is 2.48 bits per heavy atom. The van der Waals surface area contributed by atoms with Crippen molar-refractivity contribution in [3.63, 3.8) is 0 Å². The first-order chi connectivity index (χ1) is 15.0. The topological polar surface area (TPSA) is 75.7 Å². The average molecular weight is 416 g/mol. The van der Waals surface area contributed by atoms with Gasteiger partial charge in [0.1, 0.15) is 6.54 Å². The van der Waals surface area contributed by atoms with E-state index < -0.39 is 12.1 Å². The zero-order chi connectivity index (χ0) is 21.8. The van der Waals surface area contributed by atoms with E-state index in [-0.39, 0.29) is 18.4 Å². The predicted octanol–water partition coefficient (Wildman–Crippen LogP) is 3.09. The zero-order valence-electron chi connectivity index (χ0n) is 17.3. The normalized spacial score (nSPS) is 13.9. The maximum atomic E-state index is 12.7. The second kappa shape index (κ2) is 9.00. The standard InChI is InChI=1S/C25H24N2O4/c1-17(25(30)27-13-12-19-7-3-5-9-22(19)16-27)31-23(28)15-26-24(29)21-11-10-18-6-2-4-8-20(18)14-21/h2-11,14,17H,12-13,15-16H2,1H3,(H,26,29)/t17-/m0/s1. The highest BCUT2D eigenvalue weighted by Crippen LogP contribution is 2.19. The summed E-state index contributed by atoms with van der Waals surface area (Å²) in [6.07, 6.45) is -0.125. The third-order valence-electron chi connectivity index (χ3n) is 5.50. The average Bonchev–Trinajstić information content (AvgIpc) is 2.81. The maximum absolute atomic E-state index is 12.7. The van der Waals surface area contributed by atoms with Crippen LogP contribution in [0.25, 0.3) is 10.8 Å². The Morgan fingerprint density at radius 2 is 1.68 bits per heavy atom. The second-order valence-electron chi connectivity index (χ2n) is 7.66. The van der Waals surface area contributed by atoms with E-state index in [1.54, 1.807) is 24.0 Å². The first-order valence-electron chi connectivity index (χ1n) is 10.3. The number of esters is 1. The van der Waals surface area contributed by atoms with E-state index in [0.717, 1.165) is 22.8 Å². The van der Waals surface area contributed by atoms with Gasteiger partial charge in [-0.25, -0.2) is 0 Å². The van der Waals surface area contributed by atoms with Gasteiger partial charge in [-0.2, -0.15) is 0 Å². The van der Waals surface area contributed by atoms with Crippen molar-refractivity contribution in [2.75, 3.05) is 13.1 Å². The zero-order valence-corrected chi connectivity index (χ0v) is 17.3. The second-order valence-corrected chi connectivity index (χ2v) is 7.66. The molecule has 0 saturated heterocycles. The molecule has 3 aromatic carbocycles. The van der Waals surface area contributed by atoms with Crippen LogP contribution in [0.15, 0.2) is 66.7 Å². The molecule has 1 atom stereocenters. The molecule has 3 aromatic rings. The van der Waals surface area contributed by atoms with Gasteiger partial charge < -0.3 is 15.0 Å². The first-order valence-corrected chi connectivity index (χ1v) is 10.3. The highest BCUT2D eigenvalue weighted by molar-refractivity contribution is 5.99. The van der Waals surface area contributed by atoms with Gasteiger partial charge in [-0.15, -0.1) is 0 Å². The number of fused-ring (bicyclic) bond motifs is 2. The van der Waals surface area contributed by atoms with Gasteiger partial charge in [0.15, 0.2) is 6.10 Å². The minimum atomic E-state index is -0.907. The van der Waals surface area contributed by atoms with E-state index in [4.69, 9.17) is 4.74 Å². The van der Waals surface area contributed by atoms with Gasteiger partial charge in [0.05, 0.1) is 0 Å². The summed E-state index contributed by atoms with van der Waals surface area (Å²) in [5, 5.41) is 4.54. The number of carbonyl (C=O) groups is 3. The Hall–Kier alpha value is -3.67. The van der Waals surface area contributed by atoms with Crippen LogP contribution >= 0.6 is 0 Å². The fourth-order valence-corrected chi connectivity index (χ4v) is 3.82. The number of hydrogen-bond acceptors (Lipinski definition) is 4. The van der Waals surface area contributed by atoms with Crippen LogP contribution in [0.2, 0.25) is 0 Å². The lowest BCUT2D eigenvalue weighted by Gasteiger charge is -2.30. The minimum Gasteiger partial charge on any atom is -0.451 e. The molecule has 2 amide bonds. The lowest BCUT2D eigenvalue weighted by atomic mass is 9.99. The highest BCUT2D eigenvalue weighted by Gasteiger charge is 2.27. The Balaban J connectivity index is 1.29. The van der Waals surface area contributed by atoms with Crippen molar-refractivity contribution in [3.05, 3.63) is 83.4 Å². The summed E-state index contributed by atoms with van der Waals surface area (Å²) in [6, 6.07) is 21.1. The smallest absolute Gasteiger partial charge is 0.326 e. The third-order valence-corrected chi connectivity index (χ3v) is 5.50. The van der Waals surface area contributed by atoms with E-state index >= 15 is 0 Å². The Bertz CT molecular complexity index is 1140. The Morgan fingerprint density at radius 1 is 0.968 bits per heavy atom. The molecule has 1 heterocycles. The van der Waals surface area contributed by atoms with Crippen LogP contribution in [0.3, 0.4) is 0 Å². The number of rotatable bonds is 5. The van der Waals surface area contributed by atoms with Crippen LogP contribution in [-0.2, 0) is 27.3 Å². The van der Waals surface area contributed by atoms with Gasteiger partial charge >= 0.3 is 5.97 Å². The molecule has 31 heavy (non-hydrogen) atoms. The van der Waals surface area contributed by atoms with E-state index in [9.17, 15) is 14.4 Å². The summed E-state index contributed by atoms with van der Waals surface area (Å²) in [5.74, 6) is -1.24. The van der Waals surface area contributed by atoms with Gasteiger partial charge in [0.25, 0.3) is 11.8 Å². The van der Waals surface area contributed by atoms with Crippen molar-refractivity contribution in [1.82, 2.24) is 10.2 Å². The molecule has 0 aromatic heterocycles. The molecule has 4 rings (SSSR count). The fourth-order valence-electron chi connectivity index (χ4n) is 3.82. The van der Waals surface area contributed by atoms with Crippen molar-refractivity contribution in [2.24, 2.45) is 0 Å². The number of hydrogen-bond donors (Lipinski definition) is 1. The molecular formula is C25H24N2O4. The fraction of sp³-hybridized carbons (Fsp3) is 0.240. The van der Waals surface area contributed by atoms with Gasteiger partial charge in [-0.1, -0.05) is 54.6 Å². The van der Waals surface area contributed by atoms with Crippen LogP contribution < -0.4 is 5.32 Å². The summed E-state index contributed by atoms with van der Waals surface area (Å²) < 4.78 is 5.26. The van der Waals surface area contributed by atoms with E-state index in [1.165, 1.54) is 5.56 Å². The van der Waals surface area contributed by atoms with E-state index in [0.29, 0.717) is 18.7 Å². The molecule has 6 nitrogen and oxygen atoms in total. The molecule has 1 aliphatic rings. The van der Waals surface area contributed by atoms with Crippen LogP contribution in [0, 0.1) is 0 Å². The van der Waals surface area contributed by atoms with Crippen molar-refractivity contribution in [1.29, 1.82) is 0 Å². The van der Waals surface area contributed by atoms with Gasteiger partial charge in [-0.3, -0.25) is 14.4 Å². The third kappa shape index (κ3) is 4.74. The van der Waals surface area contributed by atoms with Crippen LogP contribution in [0.1, 0.15) is 28.4 Å². The van der Waals surface area contributed by atoms with Crippen molar-refractivity contribution in [2.45, 2.75) is 26.0 Å². The lowest BCUT2D eigenvalue weighted by molar-refractivity contribution is -0.158. The number of ether oxygens (including phenoxy) is 1. The number of benzene rings is 3. The summed E-state index contributed by atoms with van der Waals surface area (Å²) >= 11 is 0. The van der Waals surface area contributed by atoms with Crippen LogP contribution in [0.5, 0.6) is 0 Å². The van der Waals surface area contributed by atoms with Crippen molar-refractivity contribution in [3.8, 4) is 0 Å². The molecule has 0 bridgehead atoms. The van der Waals surface area contributed by atoms with Gasteiger partial charge in [0.2, 0.25) is 0 Å². The van der Waals surface area contributed by atoms with Crippen LogP contribution in [-0.4, -0.2) is 41.9 Å². The minimum absolute atomic E-state index is 0.233. The predicted molar refractivity (Wildman–Crippen MR) is 117 cm³/mol. The molecular weight excluding hydrogens is 392 g/mol. The molecule has 158 valence electrons. The molecule has 1 N–H and O–H groups in total. The van der Waals surface area contributed by atoms with Crippen molar-refractivity contribution < 1.29 is 19.1 Å². The highest BCUT2D eigenvalue weighted by atomic mass is 16.5. The van der Waals surface area contributed by atoms with Crippen molar-refractivity contribution >= 4 is 28.6 Å². The lowest BCUT2D eigenvalue weighted by Crippen LogP contribution is -2.43. The molecule has 0 fully saturated rings. The Kier molecular flexibility index (Phi) is 5.98. The quantitative estimate of drug-likeness (QED) is 0.649. The number of amides is 2.